The second kappa shape index (κ2) is 8.84. The van der Waals surface area contributed by atoms with E-state index in [1.54, 1.807) is 12.1 Å². The van der Waals surface area contributed by atoms with Crippen molar-refractivity contribution < 1.29 is 19.2 Å². The Morgan fingerprint density at radius 1 is 1.17 bits per heavy atom. The molecule has 1 amide bonds. The van der Waals surface area contributed by atoms with Gasteiger partial charge in [0.2, 0.25) is 5.13 Å². The van der Waals surface area contributed by atoms with E-state index in [9.17, 15) is 14.9 Å². The maximum absolute atomic E-state index is 12.6. The summed E-state index contributed by atoms with van der Waals surface area (Å²) in [5, 5.41) is 23.4. The van der Waals surface area contributed by atoms with Crippen LogP contribution < -0.4 is 14.8 Å². The summed E-state index contributed by atoms with van der Waals surface area (Å²) < 4.78 is 10.2. The molecule has 0 atom stereocenters. The fourth-order valence-electron chi connectivity index (χ4n) is 2.52. The Balaban J connectivity index is 1.80. The number of amides is 1. The zero-order valence-corrected chi connectivity index (χ0v) is 16.9. The first-order chi connectivity index (χ1) is 13.9. The maximum atomic E-state index is 12.6. The van der Waals surface area contributed by atoms with Crippen LogP contribution in [0.25, 0.3) is 0 Å². The van der Waals surface area contributed by atoms with Crippen LogP contribution in [0.4, 0.5) is 10.8 Å². The van der Waals surface area contributed by atoms with Crippen molar-refractivity contribution in [1.82, 2.24) is 10.2 Å². The van der Waals surface area contributed by atoms with Gasteiger partial charge in [-0.25, -0.2) is 0 Å². The van der Waals surface area contributed by atoms with E-state index >= 15 is 0 Å². The van der Waals surface area contributed by atoms with Gasteiger partial charge in [0.05, 0.1) is 25.2 Å². The van der Waals surface area contributed by atoms with Gasteiger partial charge in [0.15, 0.2) is 11.5 Å². The number of rotatable bonds is 7. The van der Waals surface area contributed by atoms with Gasteiger partial charge < -0.3 is 9.47 Å². The number of benzene rings is 2. The number of halogens is 1. The Kier molecular flexibility index (Phi) is 6.25. The number of anilines is 1. The SMILES string of the molecule is COc1cc(C(=O)Nc2nnc(Cc3ccc(Cl)cc3)s2)c([N+](=O)[O-])cc1OC. The molecule has 11 heteroatoms. The van der Waals surface area contributed by atoms with E-state index < -0.39 is 16.5 Å². The predicted octanol–water partition coefficient (Wildman–Crippen LogP) is 3.96. The van der Waals surface area contributed by atoms with Crippen LogP contribution in [0.3, 0.4) is 0 Å². The van der Waals surface area contributed by atoms with E-state index in [4.69, 9.17) is 21.1 Å². The van der Waals surface area contributed by atoms with Gasteiger partial charge in [-0.15, -0.1) is 10.2 Å². The van der Waals surface area contributed by atoms with Gasteiger partial charge in [-0.2, -0.15) is 0 Å². The lowest BCUT2D eigenvalue weighted by molar-refractivity contribution is -0.385. The van der Waals surface area contributed by atoms with Crippen LogP contribution in [-0.2, 0) is 6.42 Å². The van der Waals surface area contributed by atoms with E-state index in [2.05, 4.69) is 15.5 Å². The topological polar surface area (TPSA) is 116 Å². The summed E-state index contributed by atoms with van der Waals surface area (Å²) in [5.74, 6) is -0.354. The number of ether oxygens (including phenoxy) is 2. The molecule has 3 rings (SSSR count). The third kappa shape index (κ3) is 4.79. The number of nitrogens with zero attached hydrogens (tertiary/aromatic N) is 3. The molecule has 2 aromatic carbocycles. The number of aromatic nitrogens is 2. The molecule has 0 spiro atoms. The average Bonchev–Trinajstić information content (AvgIpc) is 3.15. The normalized spacial score (nSPS) is 10.4. The number of hydrogen-bond donors (Lipinski definition) is 1. The molecule has 0 saturated heterocycles. The average molecular weight is 435 g/mol. The molecule has 1 N–H and O–H groups in total. The quantitative estimate of drug-likeness (QED) is 0.441. The molecule has 0 fully saturated rings. The molecule has 9 nitrogen and oxygen atoms in total. The van der Waals surface area contributed by atoms with Crippen molar-refractivity contribution in [3.63, 3.8) is 0 Å². The fourth-order valence-corrected chi connectivity index (χ4v) is 3.41. The van der Waals surface area contributed by atoms with Crippen LogP contribution in [0.5, 0.6) is 11.5 Å². The highest BCUT2D eigenvalue weighted by molar-refractivity contribution is 7.15. The highest BCUT2D eigenvalue weighted by Crippen LogP contribution is 2.35. The van der Waals surface area contributed by atoms with Gasteiger partial charge >= 0.3 is 0 Å². The Labute approximate surface area is 174 Å². The third-order valence-electron chi connectivity index (χ3n) is 3.90. The highest BCUT2D eigenvalue weighted by atomic mass is 35.5. The lowest BCUT2D eigenvalue weighted by Crippen LogP contribution is -2.14. The van der Waals surface area contributed by atoms with Crippen LogP contribution in [0.2, 0.25) is 5.02 Å². The third-order valence-corrected chi connectivity index (χ3v) is 4.99. The van der Waals surface area contributed by atoms with Gasteiger partial charge in [0.25, 0.3) is 11.6 Å². The first kappa shape index (κ1) is 20.5. The Morgan fingerprint density at radius 2 is 1.83 bits per heavy atom. The molecule has 0 aliphatic rings. The van der Waals surface area contributed by atoms with Gasteiger partial charge in [0, 0.05) is 17.5 Å². The Morgan fingerprint density at radius 3 is 2.45 bits per heavy atom. The van der Waals surface area contributed by atoms with Crippen molar-refractivity contribution >= 4 is 39.7 Å². The second-order valence-electron chi connectivity index (χ2n) is 5.74. The molecule has 0 bridgehead atoms. The summed E-state index contributed by atoms with van der Waals surface area (Å²) in [6, 6.07) is 9.68. The standard InChI is InChI=1S/C18H15ClN4O5S/c1-27-14-8-12(13(23(25)26)9-15(14)28-2)17(24)20-18-22-21-16(29-18)7-10-3-5-11(19)6-4-10/h3-6,8-9H,7H2,1-2H3,(H,20,22,24). The molecule has 0 saturated carbocycles. The molecule has 0 unspecified atom stereocenters. The van der Waals surface area contributed by atoms with Gasteiger partial charge in [-0.05, 0) is 17.7 Å². The van der Waals surface area contributed by atoms with Crippen molar-refractivity contribution in [3.05, 3.63) is 67.7 Å². The van der Waals surface area contributed by atoms with Crippen molar-refractivity contribution in [2.75, 3.05) is 19.5 Å². The van der Waals surface area contributed by atoms with Crippen LogP contribution >= 0.6 is 22.9 Å². The zero-order chi connectivity index (χ0) is 21.0. The summed E-state index contributed by atoms with van der Waals surface area (Å²) >= 11 is 7.05. The van der Waals surface area contributed by atoms with E-state index in [1.165, 1.54) is 31.6 Å². The number of nitro benzene ring substituents is 1. The second-order valence-corrected chi connectivity index (χ2v) is 7.24. The minimum absolute atomic E-state index is 0.150. The predicted molar refractivity (Wildman–Crippen MR) is 108 cm³/mol. The van der Waals surface area contributed by atoms with Crippen LogP contribution in [-0.4, -0.2) is 35.2 Å². The molecule has 0 aliphatic heterocycles. The smallest absolute Gasteiger partial charge is 0.286 e. The number of methoxy groups -OCH3 is 2. The molecule has 1 heterocycles. The number of hydrogen-bond acceptors (Lipinski definition) is 8. The van der Waals surface area contributed by atoms with Crippen molar-refractivity contribution in [2.45, 2.75) is 6.42 Å². The van der Waals surface area contributed by atoms with E-state index in [0.29, 0.717) is 16.5 Å². The summed E-state index contributed by atoms with van der Waals surface area (Å²) in [6.45, 7) is 0. The number of nitrogens with one attached hydrogen (secondary N) is 1. The Bertz CT molecular complexity index is 1050. The first-order valence-corrected chi connectivity index (χ1v) is 9.39. The summed E-state index contributed by atoms with van der Waals surface area (Å²) in [6.07, 6.45) is 0.515. The molecule has 0 radical (unpaired) electrons. The minimum atomic E-state index is -0.702. The summed E-state index contributed by atoms with van der Waals surface area (Å²) in [7, 11) is 2.73. The molecular formula is C18H15ClN4O5S. The van der Waals surface area contributed by atoms with E-state index in [0.717, 1.165) is 11.6 Å². The lowest BCUT2D eigenvalue weighted by atomic mass is 10.1. The van der Waals surface area contributed by atoms with Crippen LogP contribution in [0, 0.1) is 10.1 Å². The monoisotopic (exact) mass is 434 g/mol. The van der Waals surface area contributed by atoms with Crippen molar-refractivity contribution in [3.8, 4) is 11.5 Å². The number of carbonyl (C=O) groups excluding carboxylic acids is 1. The summed E-state index contributed by atoms with van der Waals surface area (Å²) in [4.78, 5) is 23.3. The summed E-state index contributed by atoms with van der Waals surface area (Å²) in [5.41, 5.74) is 0.395. The zero-order valence-electron chi connectivity index (χ0n) is 15.3. The number of carbonyl (C=O) groups is 1. The minimum Gasteiger partial charge on any atom is -0.493 e. The number of nitro groups is 1. The molecular weight excluding hydrogens is 420 g/mol. The highest BCUT2D eigenvalue weighted by Gasteiger charge is 2.25. The van der Waals surface area contributed by atoms with Gasteiger partial charge in [-0.1, -0.05) is 35.1 Å². The molecule has 29 heavy (non-hydrogen) atoms. The van der Waals surface area contributed by atoms with Crippen LogP contribution in [0.15, 0.2) is 36.4 Å². The van der Waals surface area contributed by atoms with Gasteiger partial charge in [-0.3, -0.25) is 20.2 Å². The maximum Gasteiger partial charge on any atom is 0.286 e. The molecule has 150 valence electrons. The van der Waals surface area contributed by atoms with Crippen molar-refractivity contribution in [2.24, 2.45) is 0 Å². The Hall–Kier alpha value is -3.24. The van der Waals surface area contributed by atoms with Gasteiger partial charge in [0.1, 0.15) is 10.6 Å². The van der Waals surface area contributed by atoms with Crippen LogP contribution in [0.1, 0.15) is 20.9 Å². The largest absolute Gasteiger partial charge is 0.493 e. The molecule has 1 aromatic heterocycles. The lowest BCUT2D eigenvalue weighted by Gasteiger charge is -2.10. The first-order valence-electron chi connectivity index (χ1n) is 8.20. The molecule has 0 aliphatic carbocycles. The molecule has 3 aromatic rings. The van der Waals surface area contributed by atoms with E-state index in [-0.39, 0.29) is 22.2 Å². The van der Waals surface area contributed by atoms with Crippen molar-refractivity contribution in [1.29, 1.82) is 0 Å². The fraction of sp³-hybridized carbons (Fsp3) is 0.167. The van der Waals surface area contributed by atoms with E-state index in [1.807, 2.05) is 12.1 Å².